The van der Waals surface area contributed by atoms with Crippen molar-refractivity contribution in [2.45, 2.75) is 45.2 Å². The SMILES string of the molecule is CCCCCCCOP(=O)(O)Cc1ccccc1. The minimum atomic E-state index is -3.47. The highest BCUT2D eigenvalue weighted by Gasteiger charge is 2.19. The van der Waals surface area contributed by atoms with Gasteiger partial charge in [0.2, 0.25) is 0 Å². The summed E-state index contributed by atoms with van der Waals surface area (Å²) in [5.74, 6) is 0. The Labute approximate surface area is 110 Å². The lowest BCUT2D eigenvalue weighted by Gasteiger charge is -2.12. The van der Waals surface area contributed by atoms with Gasteiger partial charge >= 0.3 is 7.60 Å². The predicted molar refractivity (Wildman–Crippen MR) is 74.7 cm³/mol. The van der Waals surface area contributed by atoms with Crippen LogP contribution in [0.4, 0.5) is 0 Å². The van der Waals surface area contributed by atoms with Gasteiger partial charge in [-0.3, -0.25) is 4.57 Å². The maximum atomic E-state index is 11.8. The van der Waals surface area contributed by atoms with E-state index in [-0.39, 0.29) is 6.16 Å². The van der Waals surface area contributed by atoms with Gasteiger partial charge < -0.3 is 9.42 Å². The summed E-state index contributed by atoms with van der Waals surface area (Å²) in [7, 11) is -3.47. The second-order valence-electron chi connectivity index (χ2n) is 4.53. The van der Waals surface area contributed by atoms with Gasteiger partial charge in [0.05, 0.1) is 12.8 Å². The molecule has 0 aliphatic heterocycles. The first-order valence-electron chi connectivity index (χ1n) is 6.64. The molecule has 0 bridgehead atoms. The van der Waals surface area contributed by atoms with Gasteiger partial charge in [-0.1, -0.05) is 62.9 Å². The van der Waals surface area contributed by atoms with E-state index in [1.165, 1.54) is 19.3 Å². The second-order valence-corrected chi connectivity index (χ2v) is 6.38. The van der Waals surface area contributed by atoms with Crippen LogP contribution in [0.15, 0.2) is 30.3 Å². The zero-order chi connectivity index (χ0) is 13.3. The summed E-state index contributed by atoms with van der Waals surface area (Å²) >= 11 is 0. The number of benzene rings is 1. The Balaban J connectivity index is 2.21. The molecule has 0 saturated carbocycles. The number of hydrogen-bond acceptors (Lipinski definition) is 2. The van der Waals surface area contributed by atoms with Crippen LogP contribution in [0, 0.1) is 0 Å². The smallest absolute Gasteiger partial charge is 0.324 e. The van der Waals surface area contributed by atoms with Gasteiger partial charge in [-0.05, 0) is 12.0 Å². The minimum absolute atomic E-state index is 0.1000. The fourth-order valence-corrected chi connectivity index (χ4v) is 2.95. The second kappa shape index (κ2) is 8.47. The van der Waals surface area contributed by atoms with Crippen LogP contribution in [-0.4, -0.2) is 11.5 Å². The van der Waals surface area contributed by atoms with E-state index in [0.717, 1.165) is 18.4 Å². The molecule has 0 radical (unpaired) electrons. The van der Waals surface area contributed by atoms with Crippen molar-refractivity contribution in [2.24, 2.45) is 0 Å². The molecule has 0 aliphatic rings. The van der Waals surface area contributed by atoms with Crippen molar-refractivity contribution in [2.75, 3.05) is 6.61 Å². The van der Waals surface area contributed by atoms with Crippen LogP contribution in [0.2, 0.25) is 0 Å². The summed E-state index contributed by atoms with van der Waals surface area (Å²) in [6.07, 6.45) is 5.63. The topological polar surface area (TPSA) is 46.5 Å². The van der Waals surface area contributed by atoms with E-state index < -0.39 is 7.60 Å². The summed E-state index contributed by atoms with van der Waals surface area (Å²) in [5.41, 5.74) is 0.842. The summed E-state index contributed by atoms with van der Waals surface area (Å²) in [5, 5.41) is 0. The third kappa shape index (κ3) is 6.95. The Morgan fingerprint density at radius 3 is 2.44 bits per heavy atom. The number of hydrogen-bond donors (Lipinski definition) is 1. The highest BCUT2D eigenvalue weighted by Crippen LogP contribution is 2.45. The van der Waals surface area contributed by atoms with E-state index in [9.17, 15) is 9.46 Å². The van der Waals surface area contributed by atoms with Gasteiger partial charge in [0.15, 0.2) is 0 Å². The molecule has 1 atom stereocenters. The predicted octanol–water partition coefficient (Wildman–Crippen LogP) is 4.36. The van der Waals surface area contributed by atoms with Crippen LogP contribution in [-0.2, 0) is 15.3 Å². The van der Waals surface area contributed by atoms with Gasteiger partial charge in [0.25, 0.3) is 0 Å². The first kappa shape index (κ1) is 15.4. The molecular formula is C14H23O3P. The third-order valence-corrected chi connectivity index (χ3v) is 4.12. The molecule has 0 spiro atoms. The van der Waals surface area contributed by atoms with Crippen LogP contribution < -0.4 is 0 Å². The van der Waals surface area contributed by atoms with E-state index in [2.05, 4.69) is 6.92 Å². The normalized spacial score (nSPS) is 14.3. The molecule has 0 saturated heterocycles. The molecular weight excluding hydrogens is 247 g/mol. The van der Waals surface area contributed by atoms with Crippen molar-refractivity contribution >= 4 is 7.60 Å². The van der Waals surface area contributed by atoms with E-state index in [1.807, 2.05) is 30.3 Å². The van der Waals surface area contributed by atoms with Crippen molar-refractivity contribution in [3.63, 3.8) is 0 Å². The highest BCUT2D eigenvalue weighted by atomic mass is 31.2. The average Bonchev–Trinajstić information content (AvgIpc) is 2.34. The molecule has 0 heterocycles. The molecule has 1 aromatic rings. The van der Waals surface area contributed by atoms with E-state index >= 15 is 0 Å². The van der Waals surface area contributed by atoms with Gasteiger partial charge in [0.1, 0.15) is 0 Å². The fourth-order valence-electron chi connectivity index (χ4n) is 1.77. The number of rotatable bonds is 9. The molecule has 1 unspecified atom stereocenters. The molecule has 1 aromatic carbocycles. The van der Waals surface area contributed by atoms with Crippen LogP contribution in [0.1, 0.15) is 44.6 Å². The summed E-state index contributed by atoms with van der Waals surface area (Å²) in [6, 6.07) is 9.29. The summed E-state index contributed by atoms with van der Waals surface area (Å²) in [6.45, 7) is 2.54. The molecule has 0 amide bonds. The zero-order valence-corrected chi connectivity index (χ0v) is 11.9. The van der Waals surface area contributed by atoms with Gasteiger partial charge in [-0.15, -0.1) is 0 Å². The third-order valence-electron chi connectivity index (χ3n) is 2.77. The highest BCUT2D eigenvalue weighted by molar-refractivity contribution is 7.51. The lowest BCUT2D eigenvalue weighted by atomic mass is 10.2. The Morgan fingerprint density at radius 1 is 1.11 bits per heavy atom. The Bertz CT molecular complexity index is 365. The van der Waals surface area contributed by atoms with Crippen molar-refractivity contribution in [1.82, 2.24) is 0 Å². The van der Waals surface area contributed by atoms with Crippen LogP contribution >= 0.6 is 7.60 Å². The molecule has 0 aromatic heterocycles. The fraction of sp³-hybridized carbons (Fsp3) is 0.571. The lowest BCUT2D eigenvalue weighted by molar-refractivity contribution is 0.251. The standard InChI is InChI=1S/C14H23O3P/c1-2-3-4-5-9-12-17-18(15,16)13-14-10-7-6-8-11-14/h6-8,10-11H,2-5,9,12-13H2,1H3,(H,15,16). The lowest BCUT2D eigenvalue weighted by Crippen LogP contribution is -1.96. The van der Waals surface area contributed by atoms with Crippen molar-refractivity contribution < 1.29 is 14.0 Å². The Kier molecular flexibility index (Phi) is 7.26. The minimum Gasteiger partial charge on any atom is -0.324 e. The van der Waals surface area contributed by atoms with Crippen molar-refractivity contribution in [1.29, 1.82) is 0 Å². The Hall–Kier alpha value is -0.630. The number of unbranched alkanes of at least 4 members (excludes halogenated alkanes) is 4. The van der Waals surface area contributed by atoms with Crippen molar-refractivity contribution in [3.8, 4) is 0 Å². The molecule has 18 heavy (non-hydrogen) atoms. The van der Waals surface area contributed by atoms with Crippen LogP contribution in [0.5, 0.6) is 0 Å². The molecule has 102 valence electrons. The molecule has 0 fully saturated rings. The van der Waals surface area contributed by atoms with Gasteiger partial charge in [-0.25, -0.2) is 0 Å². The van der Waals surface area contributed by atoms with Crippen LogP contribution in [0.3, 0.4) is 0 Å². The largest absolute Gasteiger partial charge is 0.332 e. The molecule has 4 heteroatoms. The summed E-state index contributed by atoms with van der Waals surface area (Å²) < 4.78 is 16.9. The first-order chi connectivity index (χ1) is 8.64. The molecule has 0 aliphatic carbocycles. The average molecular weight is 270 g/mol. The van der Waals surface area contributed by atoms with Crippen molar-refractivity contribution in [3.05, 3.63) is 35.9 Å². The van der Waals surface area contributed by atoms with E-state index in [4.69, 9.17) is 4.52 Å². The molecule has 3 nitrogen and oxygen atoms in total. The molecule has 1 N–H and O–H groups in total. The van der Waals surface area contributed by atoms with Gasteiger partial charge in [-0.2, -0.15) is 0 Å². The maximum Gasteiger partial charge on any atom is 0.332 e. The monoisotopic (exact) mass is 270 g/mol. The summed E-state index contributed by atoms with van der Waals surface area (Å²) in [4.78, 5) is 9.70. The maximum absolute atomic E-state index is 11.8. The quantitative estimate of drug-likeness (QED) is 0.535. The van der Waals surface area contributed by atoms with Crippen LogP contribution in [0.25, 0.3) is 0 Å². The van der Waals surface area contributed by atoms with Gasteiger partial charge in [0, 0.05) is 0 Å². The first-order valence-corrected chi connectivity index (χ1v) is 8.40. The zero-order valence-electron chi connectivity index (χ0n) is 11.0. The van der Waals surface area contributed by atoms with E-state index in [1.54, 1.807) is 0 Å². The van der Waals surface area contributed by atoms with E-state index in [0.29, 0.717) is 6.61 Å². The Morgan fingerprint density at radius 2 is 1.78 bits per heavy atom. The molecule has 1 rings (SSSR count).